The van der Waals surface area contributed by atoms with Crippen molar-refractivity contribution < 1.29 is 14.3 Å². The molecule has 0 radical (unpaired) electrons. The first kappa shape index (κ1) is 27.6. The summed E-state index contributed by atoms with van der Waals surface area (Å²) in [6.07, 6.45) is 0.639. The van der Waals surface area contributed by atoms with Gasteiger partial charge in [-0.05, 0) is 52.9 Å². The van der Waals surface area contributed by atoms with Crippen LogP contribution >= 0.6 is 27.7 Å². The topological polar surface area (TPSA) is 73.9 Å². The van der Waals surface area contributed by atoms with Gasteiger partial charge in [0.05, 0.1) is 13.2 Å². The number of amides is 2. The molecule has 0 saturated carbocycles. The highest BCUT2D eigenvalue weighted by Gasteiger charge is 2.68. The van der Waals surface area contributed by atoms with Crippen molar-refractivity contribution in [3.63, 3.8) is 0 Å². The molecule has 3 aliphatic heterocycles. The molecule has 0 bridgehead atoms. The van der Waals surface area contributed by atoms with Gasteiger partial charge in [-0.2, -0.15) is 0 Å². The molecule has 4 unspecified atom stereocenters. The highest BCUT2D eigenvalue weighted by Crippen LogP contribution is 2.60. The van der Waals surface area contributed by atoms with E-state index in [1.165, 1.54) is 0 Å². The van der Waals surface area contributed by atoms with Crippen molar-refractivity contribution in [1.29, 1.82) is 0 Å². The van der Waals surface area contributed by atoms with Crippen LogP contribution in [-0.2, 0) is 19.7 Å². The average molecular weight is 604 g/mol. The number of rotatable bonds is 6. The van der Waals surface area contributed by atoms with Gasteiger partial charge in [-0.3, -0.25) is 14.5 Å². The molecular weight excluding hydrogens is 568 g/mol. The van der Waals surface area contributed by atoms with Gasteiger partial charge in [0, 0.05) is 48.3 Å². The van der Waals surface area contributed by atoms with E-state index >= 15 is 0 Å². The molecule has 38 heavy (non-hydrogen) atoms. The summed E-state index contributed by atoms with van der Waals surface area (Å²) in [4.78, 5) is 30.5. The average Bonchev–Trinajstić information content (AvgIpc) is 3.30. The van der Waals surface area contributed by atoms with E-state index in [1.807, 2.05) is 48.5 Å². The normalized spacial score (nSPS) is 27.9. The third kappa shape index (κ3) is 5.02. The number of morpholine rings is 1. The zero-order valence-corrected chi connectivity index (χ0v) is 24.5. The first-order valence-electron chi connectivity index (χ1n) is 13.3. The number of fused-ring (bicyclic) bond motifs is 2. The quantitative estimate of drug-likeness (QED) is 0.476. The Hall–Kier alpha value is -1.97. The second kappa shape index (κ2) is 10.9. The van der Waals surface area contributed by atoms with Gasteiger partial charge in [-0.25, -0.2) is 4.42 Å². The minimum atomic E-state index is -1.03. The van der Waals surface area contributed by atoms with Crippen LogP contribution in [0.15, 0.2) is 53.0 Å². The lowest BCUT2D eigenvalue weighted by Gasteiger charge is -2.38. The summed E-state index contributed by atoms with van der Waals surface area (Å²) >= 11 is 10.8. The van der Waals surface area contributed by atoms with Crippen molar-refractivity contribution in [3.05, 3.63) is 64.1 Å². The highest BCUT2D eigenvalue weighted by molar-refractivity contribution is 9.10. The van der Waals surface area contributed by atoms with Crippen molar-refractivity contribution in [2.45, 2.75) is 50.6 Å². The number of para-hydroxylation sites is 1. The zero-order valence-electron chi connectivity index (χ0n) is 22.2. The van der Waals surface area contributed by atoms with Gasteiger partial charge in [-0.1, -0.05) is 67.0 Å². The molecular formula is C29H36BrClN4O3. The van der Waals surface area contributed by atoms with Crippen LogP contribution in [0.1, 0.15) is 44.2 Å². The second-order valence-electron chi connectivity index (χ2n) is 11.7. The molecule has 204 valence electrons. The number of benzene rings is 2. The van der Waals surface area contributed by atoms with E-state index in [2.05, 4.69) is 52.2 Å². The number of hydrogen-bond donors (Lipinski definition) is 2. The van der Waals surface area contributed by atoms with Crippen LogP contribution in [0.3, 0.4) is 0 Å². The lowest BCUT2D eigenvalue weighted by atomic mass is 9.62. The van der Waals surface area contributed by atoms with Crippen LogP contribution in [0.5, 0.6) is 0 Å². The summed E-state index contributed by atoms with van der Waals surface area (Å²) < 4.78 is 7.99. The Bertz CT molecular complexity index is 1200. The van der Waals surface area contributed by atoms with Gasteiger partial charge in [-0.15, -0.1) is 0 Å². The number of ether oxygens (including phenoxy) is 1. The number of hydrogen-bond acceptors (Lipinski definition) is 5. The van der Waals surface area contributed by atoms with Crippen molar-refractivity contribution in [2.75, 3.05) is 44.7 Å². The van der Waals surface area contributed by atoms with E-state index in [-0.39, 0.29) is 17.2 Å². The van der Waals surface area contributed by atoms with Crippen LogP contribution in [0.25, 0.3) is 0 Å². The van der Waals surface area contributed by atoms with E-state index in [9.17, 15) is 9.59 Å². The van der Waals surface area contributed by atoms with Gasteiger partial charge >= 0.3 is 0 Å². The number of nitrogens with zero attached hydrogens (tertiary/aromatic N) is 2. The zero-order chi connectivity index (χ0) is 27.1. The standard InChI is InChI=1S/C29H36BrClN4O3/c1-28(2,3)18-23-29(21-9-4-5-10-22(21)33-27(29)37)24(19-7-6-8-20(30)17-19)25(35(23)31)26(36)32-11-12-34-13-15-38-16-14-34/h4-10,17,23-25H,11-16,18H2,1-3H3,(H,32,36)(H,33,37). The minimum Gasteiger partial charge on any atom is -0.379 e. The molecule has 2 amide bonds. The number of carbonyl (C=O) groups excluding carboxylic acids is 2. The maximum Gasteiger partial charge on any atom is 0.239 e. The smallest absolute Gasteiger partial charge is 0.239 e. The third-order valence-electron chi connectivity index (χ3n) is 8.01. The summed E-state index contributed by atoms with van der Waals surface area (Å²) in [5, 5.41) is 6.29. The van der Waals surface area contributed by atoms with Crippen molar-refractivity contribution in [3.8, 4) is 0 Å². The van der Waals surface area contributed by atoms with Crippen LogP contribution in [0, 0.1) is 5.41 Å². The van der Waals surface area contributed by atoms with Gasteiger partial charge in [0.2, 0.25) is 11.8 Å². The molecule has 5 rings (SSSR count). The molecule has 3 heterocycles. The molecule has 2 fully saturated rings. The lowest BCUT2D eigenvalue weighted by molar-refractivity contribution is -0.125. The predicted octanol–water partition coefficient (Wildman–Crippen LogP) is 4.51. The summed E-state index contributed by atoms with van der Waals surface area (Å²) in [6.45, 7) is 10.8. The van der Waals surface area contributed by atoms with Gasteiger partial charge in [0.25, 0.3) is 0 Å². The number of nitrogens with one attached hydrogen (secondary N) is 2. The molecule has 9 heteroatoms. The van der Waals surface area contributed by atoms with E-state index in [1.54, 1.807) is 4.42 Å². The molecule has 7 nitrogen and oxygen atoms in total. The van der Waals surface area contributed by atoms with Crippen LogP contribution in [0.2, 0.25) is 0 Å². The first-order valence-corrected chi connectivity index (χ1v) is 14.4. The second-order valence-corrected chi connectivity index (χ2v) is 13.0. The van der Waals surface area contributed by atoms with E-state index < -0.39 is 23.4 Å². The summed E-state index contributed by atoms with van der Waals surface area (Å²) in [6, 6.07) is 14.6. The predicted molar refractivity (Wildman–Crippen MR) is 153 cm³/mol. The molecule has 2 N–H and O–H groups in total. The van der Waals surface area contributed by atoms with Crippen molar-refractivity contribution >= 4 is 45.2 Å². The Morgan fingerprint density at radius 2 is 1.92 bits per heavy atom. The molecule has 0 aromatic heterocycles. The van der Waals surface area contributed by atoms with Gasteiger partial charge in [0.15, 0.2) is 0 Å². The fraction of sp³-hybridized carbons (Fsp3) is 0.517. The van der Waals surface area contributed by atoms with Crippen LogP contribution < -0.4 is 10.6 Å². The Labute approximate surface area is 238 Å². The minimum absolute atomic E-state index is 0.104. The largest absolute Gasteiger partial charge is 0.379 e. The van der Waals surface area contributed by atoms with Crippen LogP contribution in [-0.4, -0.2) is 72.6 Å². The lowest BCUT2D eigenvalue weighted by Crippen LogP contribution is -2.49. The Morgan fingerprint density at radius 1 is 1.18 bits per heavy atom. The Morgan fingerprint density at radius 3 is 2.63 bits per heavy atom. The fourth-order valence-corrected chi connectivity index (χ4v) is 7.27. The molecule has 4 atom stereocenters. The van der Waals surface area contributed by atoms with E-state index in [4.69, 9.17) is 16.5 Å². The number of carbonyl (C=O) groups is 2. The number of anilines is 1. The number of halogens is 2. The van der Waals surface area contributed by atoms with E-state index in [0.29, 0.717) is 26.2 Å². The first-order chi connectivity index (χ1) is 18.1. The van der Waals surface area contributed by atoms with E-state index in [0.717, 1.165) is 40.9 Å². The highest BCUT2D eigenvalue weighted by atomic mass is 79.9. The molecule has 1 spiro atoms. The Kier molecular flexibility index (Phi) is 7.91. The molecule has 2 aromatic carbocycles. The maximum atomic E-state index is 14.2. The Balaban J connectivity index is 1.58. The molecule has 3 aliphatic rings. The van der Waals surface area contributed by atoms with Gasteiger partial charge in [0.1, 0.15) is 11.5 Å². The van der Waals surface area contributed by atoms with Gasteiger partial charge < -0.3 is 15.4 Å². The molecule has 2 aromatic rings. The van der Waals surface area contributed by atoms with Crippen molar-refractivity contribution in [1.82, 2.24) is 14.6 Å². The third-order valence-corrected chi connectivity index (χ3v) is 8.94. The summed E-state index contributed by atoms with van der Waals surface area (Å²) in [7, 11) is 0. The monoisotopic (exact) mass is 602 g/mol. The fourth-order valence-electron chi connectivity index (χ4n) is 6.43. The molecule has 0 aliphatic carbocycles. The molecule has 2 saturated heterocycles. The summed E-state index contributed by atoms with van der Waals surface area (Å²) in [5.41, 5.74) is 1.43. The van der Waals surface area contributed by atoms with Crippen molar-refractivity contribution in [2.24, 2.45) is 5.41 Å². The SMILES string of the molecule is CC(C)(C)CC1N(Cl)C(C(=O)NCCN2CCOCC2)C(c2cccc(Br)c2)C12C(=O)Nc1ccccc12. The van der Waals surface area contributed by atoms with Crippen LogP contribution in [0.4, 0.5) is 5.69 Å². The maximum absolute atomic E-state index is 14.2. The summed E-state index contributed by atoms with van der Waals surface area (Å²) in [5.74, 6) is -0.754.